The van der Waals surface area contributed by atoms with Gasteiger partial charge in [-0.05, 0) is 23.8 Å². The zero-order chi connectivity index (χ0) is 14.0. The Morgan fingerprint density at radius 2 is 1.68 bits per heavy atom. The third-order valence-corrected chi connectivity index (χ3v) is 4.15. The summed E-state index contributed by atoms with van der Waals surface area (Å²) in [6.07, 6.45) is 0. The molecule has 2 aromatic rings. The zero-order valence-electron chi connectivity index (χ0n) is 9.46. The van der Waals surface area contributed by atoms with E-state index in [2.05, 4.69) is 15.9 Å². The summed E-state index contributed by atoms with van der Waals surface area (Å²) in [5.74, 6) is 0.990. The van der Waals surface area contributed by atoms with Crippen LogP contribution < -0.4 is 4.74 Å². The van der Waals surface area contributed by atoms with Crippen LogP contribution >= 0.6 is 50.7 Å². The van der Waals surface area contributed by atoms with Crippen molar-refractivity contribution in [3.05, 3.63) is 55.4 Å². The van der Waals surface area contributed by atoms with Gasteiger partial charge in [-0.15, -0.1) is 0 Å². The van der Waals surface area contributed by atoms with Gasteiger partial charge in [0.2, 0.25) is 0 Å². The minimum Gasteiger partial charge on any atom is -0.456 e. The molecule has 19 heavy (non-hydrogen) atoms. The van der Waals surface area contributed by atoms with Crippen molar-refractivity contribution in [2.24, 2.45) is 0 Å². The third-order valence-electron chi connectivity index (χ3n) is 2.40. The van der Waals surface area contributed by atoms with Crippen molar-refractivity contribution >= 4 is 50.7 Å². The lowest BCUT2D eigenvalue weighted by Crippen LogP contribution is -1.89. The molecule has 0 amide bonds. The van der Waals surface area contributed by atoms with Crippen molar-refractivity contribution in [2.75, 3.05) is 0 Å². The maximum atomic E-state index is 9.09. The molecule has 0 aliphatic rings. The van der Waals surface area contributed by atoms with E-state index in [-0.39, 0.29) is 6.61 Å². The summed E-state index contributed by atoms with van der Waals surface area (Å²) in [7, 11) is 0. The van der Waals surface area contributed by atoms with Crippen LogP contribution in [0.25, 0.3) is 0 Å². The fourth-order valence-electron chi connectivity index (χ4n) is 1.43. The lowest BCUT2D eigenvalue weighted by molar-refractivity contribution is 0.281. The second kappa shape index (κ2) is 6.33. The van der Waals surface area contributed by atoms with Crippen molar-refractivity contribution in [2.45, 2.75) is 6.61 Å². The maximum absolute atomic E-state index is 9.09. The second-order valence-corrected chi connectivity index (χ2v) is 5.79. The fourth-order valence-corrected chi connectivity index (χ4v) is 2.49. The molecule has 2 nitrogen and oxygen atoms in total. The van der Waals surface area contributed by atoms with Crippen LogP contribution in [-0.2, 0) is 6.61 Å². The van der Waals surface area contributed by atoms with Gasteiger partial charge in [0.15, 0.2) is 0 Å². The first-order valence-corrected chi connectivity index (χ1v) is 7.15. The van der Waals surface area contributed by atoms with Gasteiger partial charge in [0.05, 0.1) is 21.7 Å². The van der Waals surface area contributed by atoms with E-state index in [0.717, 1.165) is 10.0 Å². The highest BCUT2D eigenvalue weighted by Crippen LogP contribution is 2.37. The molecule has 0 aliphatic carbocycles. The first-order valence-electron chi connectivity index (χ1n) is 5.23. The summed E-state index contributed by atoms with van der Waals surface area (Å²) in [6.45, 7) is -0.0472. The minimum absolute atomic E-state index is 0.0472. The van der Waals surface area contributed by atoms with Gasteiger partial charge in [-0.3, -0.25) is 0 Å². The summed E-state index contributed by atoms with van der Waals surface area (Å²) in [5.41, 5.74) is 0.771. The topological polar surface area (TPSA) is 29.5 Å². The highest BCUT2D eigenvalue weighted by atomic mass is 79.9. The van der Waals surface area contributed by atoms with Crippen LogP contribution in [0.1, 0.15) is 5.56 Å². The number of aliphatic hydroxyl groups is 1. The lowest BCUT2D eigenvalue weighted by Gasteiger charge is -2.10. The largest absolute Gasteiger partial charge is 0.456 e. The molecule has 0 radical (unpaired) electrons. The third kappa shape index (κ3) is 3.56. The summed E-state index contributed by atoms with van der Waals surface area (Å²) < 4.78 is 6.39. The van der Waals surface area contributed by atoms with E-state index >= 15 is 0 Å². The van der Waals surface area contributed by atoms with Crippen LogP contribution in [0.15, 0.2) is 34.8 Å². The second-order valence-electron chi connectivity index (χ2n) is 3.71. The molecule has 0 saturated carbocycles. The van der Waals surface area contributed by atoms with E-state index in [4.69, 9.17) is 44.6 Å². The predicted molar refractivity (Wildman–Crippen MR) is 81.6 cm³/mol. The molecule has 0 aromatic heterocycles. The maximum Gasteiger partial charge on any atom is 0.147 e. The van der Waals surface area contributed by atoms with Crippen LogP contribution in [0.5, 0.6) is 11.5 Å². The van der Waals surface area contributed by atoms with Gasteiger partial charge in [0.25, 0.3) is 0 Å². The van der Waals surface area contributed by atoms with Crippen LogP contribution in [-0.4, -0.2) is 5.11 Å². The molecule has 100 valence electrons. The average Bonchev–Trinajstić information content (AvgIpc) is 2.36. The molecular weight excluding hydrogens is 374 g/mol. The van der Waals surface area contributed by atoms with Gasteiger partial charge < -0.3 is 9.84 Å². The summed E-state index contributed by atoms with van der Waals surface area (Å²) in [6, 6.07) is 8.31. The molecule has 6 heteroatoms. The smallest absolute Gasteiger partial charge is 0.147 e. The molecule has 2 aromatic carbocycles. The monoisotopic (exact) mass is 380 g/mol. The van der Waals surface area contributed by atoms with Gasteiger partial charge >= 0.3 is 0 Å². The minimum atomic E-state index is -0.0472. The molecule has 0 aliphatic heterocycles. The number of halogens is 4. The molecular formula is C13H8BrCl3O2. The normalized spacial score (nSPS) is 10.6. The first kappa shape index (κ1) is 14.9. The van der Waals surface area contributed by atoms with Crippen LogP contribution in [0.2, 0.25) is 15.1 Å². The molecule has 0 unspecified atom stereocenters. The van der Waals surface area contributed by atoms with Gasteiger partial charge in [-0.2, -0.15) is 0 Å². The van der Waals surface area contributed by atoms with Crippen molar-refractivity contribution in [1.29, 1.82) is 0 Å². The van der Waals surface area contributed by atoms with Crippen molar-refractivity contribution < 1.29 is 9.84 Å². The van der Waals surface area contributed by atoms with Crippen molar-refractivity contribution in [1.82, 2.24) is 0 Å². The Labute approximate surface area is 134 Å². The van der Waals surface area contributed by atoms with E-state index in [0.29, 0.717) is 26.6 Å². The van der Waals surface area contributed by atoms with Crippen molar-refractivity contribution in [3.63, 3.8) is 0 Å². The van der Waals surface area contributed by atoms with Gasteiger partial charge in [0, 0.05) is 10.5 Å². The Morgan fingerprint density at radius 1 is 1.00 bits per heavy atom. The van der Waals surface area contributed by atoms with E-state index in [1.165, 1.54) is 6.07 Å². The number of hydrogen-bond donors (Lipinski definition) is 1. The Balaban J connectivity index is 2.31. The molecule has 0 spiro atoms. The number of rotatable bonds is 3. The molecule has 0 atom stereocenters. The zero-order valence-corrected chi connectivity index (χ0v) is 13.3. The summed E-state index contributed by atoms with van der Waals surface area (Å²) >= 11 is 21.1. The summed E-state index contributed by atoms with van der Waals surface area (Å²) in [5, 5.41) is 10.2. The highest BCUT2D eigenvalue weighted by Gasteiger charge is 2.09. The fraction of sp³-hybridized carbons (Fsp3) is 0.0769. The number of hydrogen-bond acceptors (Lipinski definition) is 2. The van der Waals surface area contributed by atoms with E-state index in [1.807, 2.05) is 0 Å². The van der Waals surface area contributed by atoms with Crippen LogP contribution in [0.4, 0.5) is 0 Å². The molecule has 1 N–H and O–H groups in total. The lowest BCUT2D eigenvalue weighted by atomic mass is 10.2. The standard InChI is InChI=1S/C13H8BrCl3O2/c14-9-3-8(2-1-7(9)6-18)19-13-5-11(16)10(15)4-12(13)17/h1-5,18H,6H2. The average molecular weight is 382 g/mol. The van der Waals surface area contributed by atoms with E-state index in [1.54, 1.807) is 24.3 Å². The van der Waals surface area contributed by atoms with Crippen molar-refractivity contribution in [3.8, 4) is 11.5 Å². The molecule has 2 rings (SSSR count). The highest BCUT2D eigenvalue weighted by molar-refractivity contribution is 9.10. The Morgan fingerprint density at radius 3 is 2.32 bits per heavy atom. The number of ether oxygens (including phenoxy) is 1. The van der Waals surface area contributed by atoms with Gasteiger partial charge in [-0.25, -0.2) is 0 Å². The molecule has 0 fully saturated rings. The molecule has 0 heterocycles. The van der Waals surface area contributed by atoms with Crippen LogP contribution in [0.3, 0.4) is 0 Å². The quantitative estimate of drug-likeness (QED) is 0.691. The van der Waals surface area contributed by atoms with E-state index < -0.39 is 0 Å². The molecule has 0 saturated heterocycles. The van der Waals surface area contributed by atoms with Gasteiger partial charge in [0.1, 0.15) is 11.5 Å². The number of aliphatic hydroxyl groups excluding tert-OH is 1. The predicted octanol–water partition coefficient (Wildman–Crippen LogP) is 5.69. The Bertz CT molecular complexity index is 617. The summed E-state index contributed by atoms with van der Waals surface area (Å²) in [4.78, 5) is 0. The Kier molecular flexibility index (Phi) is 4.98. The first-order chi connectivity index (χ1) is 9.01. The molecule has 0 bridgehead atoms. The van der Waals surface area contributed by atoms with E-state index in [9.17, 15) is 0 Å². The number of benzene rings is 2. The Hall–Kier alpha value is -0.450. The SMILES string of the molecule is OCc1ccc(Oc2cc(Cl)c(Cl)cc2Cl)cc1Br. The van der Waals surface area contributed by atoms with Crippen LogP contribution in [0, 0.1) is 0 Å². The van der Waals surface area contributed by atoms with Gasteiger partial charge in [-0.1, -0.05) is 56.8 Å².